The van der Waals surface area contributed by atoms with Gasteiger partial charge in [-0.1, -0.05) is 18.2 Å². The van der Waals surface area contributed by atoms with Crippen molar-refractivity contribution in [3.8, 4) is 5.75 Å². The molecule has 2 bridgehead atoms. The van der Waals surface area contributed by atoms with Crippen LogP contribution in [0, 0.1) is 17.8 Å². The molecule has 1 N–H and O–H groups in total. The molecule has 1 saturated carbocycles. The Morgan fingerprint density at radius 2 is 2.11 bits per heavy atom. The molecule has 3 atom stereocenters. The fourth-order valence-electron chi connectivity index (χ4n) is 3.84. The van der Waals surface area contributed by atoms with E-state index < -0.39 is 0 Å². The summed E-state index contributed by atoms with van der Waals surface area (Å²) in [6.45, 7) is 1.11. The van der Waals surface area contributed by atoms with Gasteiger partial charge < -0.3 is 10.0 Å². The Bertz CT molecular complexity index is 492. The van der Waals surface area contributed by atoms with E-state index in [0.29, 0.717) is 11.7 Å². The van der Waals surface area contributed by atoms with E-state index in [-0.39, 0.29) is 0 Å². The quantitative estimate of drug-likeness (QED) is 0.897. The first-order valence-corrected chi connectivity index (χ1v) is 7.29. The highest BCUT2D eigenvalue weighted by molar-refractivity contribution is 5.70. The summed E-state index contributed by atoms with van der Waals surface area (Å²) in [6.07, 6.45) is 6.55. The maximum absolute atomic E-state index is 9.72. The molecule has 2 aliphatic carbocycles. The van der Waals surface area contributed by atoms with Crippen LogP contribution in [-0.4, -0.2) is 30.6 Å². The summed E-state index contributed by atoms with van der Waals surface area (Å²) >= 11 is 0. The van der Waals surface area contributed by atoms with Crippen molar-refractivity contribution in [1.82, 2.24) is 4.90 Å². The van der Waals surface area contributed by atoms with E-state index >= 15 is 0 Å². The molecule has 2 heteroatoms. The predicted octanol–water partition coefficient (Wildman–Crippen LogP) is 3.38. The van der Waals surface area contributed by atoms with Gasteiger partial charge in [0.2, 0.25) is 0 Å². The van der Waals surface area contributed by atoms with Gasteiger partial charge in [0, 0.05) is 6.54 Å². The highest BCUT2D eigenvalue weighted by atomic mass is 16.3. The zero-order chi connectivity index (χ0) is 13.4. The van der Waals surface area contributed by atoms with Gasteiger partial charge in [0.1, 0.15) is 5.75 Å². The fraction of sp³-hybridized carbons (Fsp3) is 0.529. The van der Waals surface area contributed by atoms with E-state index in [9.17, 15) is 5.11 Å². The molecule has 2 aliphatic rings. The third-order valence-corrected chi connectivity index (χ3v) is 4.64. The van der Waals surface area contributed by atoms with Gasteiger partial charge in [-0.15, -0.1) is 0 Å². The van der Waals surface area contributed by atoms with Crippen LogP contribution in [0.3, 0.4) is 0 Å². The number of hydrogen-bond donors (Lipinski definition) is 1. The topological polar surface area (TPSA) is 23.5 Å². The molecule has 2 nitrogen and oxygen atoms in total. The normalized spacial score (nSPS) is 29.6. The molecule has 1 fully saturated rings. The highest BCUT2D eigenvalue weighted by Crippen LogP contribution is 2.48. The molecule has 0 saturated heterocycles. The van der Waals surface area contributed by atoms with Crippen molar-refractivity contribution in [2.75, 3.05) is 20.6 Å². The molecule has 3 unspecified atom stereocenters. The number of fused-ring (bicyclic) bond motifs is 2. The number of phenolic OH excluding ortho intramolecular Hbond substituents is 1. The second-order valence-corrected chi connectivity index (χ2v) is 6.37. The molecule has 0 heterocycles. The lowest BCUT2D eigenvalue weighted by Crippen LogP contribution is -2.29. The zero-order valence-electron chi connectivity index (χ0n) is 11.8. The molecule has 0 radical (unpaired) electrons. The lowest BCUT2D eigenvalue weighted by atomic mass is 9.76. The number of benzene rings is 1. The maximum Gasteiger partial charge on any atom is 0.116 e. The van der Waals surface area contributed by atoms with E-state index in [1.807, 2.05) is 12.1 Å². The number of allylic oxidation sites excluding steroid dienone is 1. The van der Waals surface area contributed by atoms with Crippen molar-refractivity contribution >= 4 is 5.57 Å². The van der Waals surface area contributed by atoms with Crippen molar-refractivity contribution < 1.29 is 5.11 Å². The molecular weight excluding hydrogens is 234 g/mol. The molecule has 102 valence electrons. The minimum atomic E-state index is 0.375. The summed E-state index contributed by atoms with van der Waals surface area (Å²) in [5.41, 5.74) is 2.67. The SMILES string of the molecule is CN(C)CC1C(c2cccc(O)c2)=CC2CCC1C2. The van der Waals surface area contributed by atoms with Crippen LogP contribution in [-0.2, 0) is 0 Å². The van der Waals surface area contributed by atoms with Gasteiger partial charge >= 0.3 is 0 Å². The summed E-state index contributed by atoms with van der Waals surface area (Å²) in [5, 5.41) is 9.72. The molecule has 0 spiro atoms. The van der Waals surface area contributed by atoms with E-state index in [0.717, 1.165) is 18.4 Å². The molecular formula is C17H23NO. The van der Waals surface area contributed by atoms with Gasteiger partial charge in [0.15, 0.2) is 0 Å². The minimum absolute atomic E-state index is 0.375. The maximum atomic E-state index is 9.72. The van der Waals surface area contributed by atoms with E-state index in [2.05, 4.69) is 31.1 Å². The summed E-state index contributed by atoms with van der Waals surface area (Å²) in [5.74, 6) is 2.59. The zero-order valence-corrected chi connectivity index (χ0v) is 11.8. The van der Waals surface area contributed by atoms with E-state index in [1.54, 1.807) is 6.07 Å². The third kappa shape index (κ3) is 2.55. The molecule has 3 rings (SSSR count). The second-order valence-electron chi connectivity index (χ2n) is 6.37. The van der Waals surface area contributed by atoms with Crippen LogP contribution in [0.25, 0.3) is 5.57 Å². The van der Waals surface area contributed by atoms with Crippen LogP contribution in [0.4, 0.5) is 0 Å². The van der Waals surface area contributed by atoms with E-state index in [1.165, 1.54) is 30.4 Å². The van der Waals surface area contributed by atoms with Crippen LogP contribution >= 0.6 is 0 Å². The van der Waals surface area contributed by atoms with Crippen molar-refractivity contribution in [3.05, 3.63) is 35.9 Å². The summed E-state index contributed by atoms with van der Waals surface area (Å²) in [7, 11) is 4.31. The predicted molar refractivity (Wildman–Crippen MR) is 79.0 cm³/mol. The average molecular weight is 257 g/mol. The Kier molecular flexibility index (Phi) is 3.36. The molecule has 0 aliphatic heterocycles. The van der Waals surface area contributed by atoms with Gasteiger partial charge in [-0.05, 0) is 74.4 Å². The Morgan fingerprint density at radius 3 is 2.84 bits per heavy atom. The van der Waals surface area contributed by atoms with Gasteiger partial charge in [-0.2, -0.15) is 0 Å². The molecule has 0 aromatic heterocycles. The van der Waals surface area contributed by atoms with Crippen LogP contribution in [0.5, 0.6) is 5.75 Å². The number of nitrogens with zero attached hydrogens (tertiary/aromatic N) is 1. The number of aromatic hydroxyl groups is 1. The Hall–Kier alpha value is -1.28. The Morgan fingerprint density at radius 1 is 1.26 bits per heavy atom. The first-order valence-electron chi connectivity index (χ1n) is 7.29. The van der Waals surface area contributed by atoms with E-state index in [4.69, 9.17) is 0 Å². The van der Waals surface area contributed by atoms with Crippen LogP contribution in [0.2, 0.25) is 0 Å². The summed E-state index contributed by atoms with van der Waals surface area (Å²) < 4.78 is 0. The lowest BCUT2D eigenvalue weighted by molar-refractivity contribution is 0.289. The van der Waals surface area contributed by atoms with Crippen LogP contribution < -0.4 is 0 Å². The Labute approximate surface area is 115 Å². The van der Waals surface area contributed by atoms with Crippen molar-refractivity contribution in [1.29, 1.82) is 0 Å². The van der Waals surface area contributed by atoms with Gasteiger partial charge in [-0.25, -0.2) is 0 Å². The fourth-order valence-corrected chi connectivity index (χ4v) is 3.84. The lowest BCUT2D eigenvalue weighted by Gasteiger charge is -2.32. The van der Waals surface area contributed by atoms with Crippen molar-refractivity contribution in [3.63, 3.8) is 0 Å². The first kappa shape index (κ1) is 12.7. The number of hydrogen-bond acceptors (Lipinski definition) is 2. The molecule has 19 heavy (non-hydrogen) atoms. The summed E-state index contributed by atoms with van der Waals surface area (Å²) in [6, 6.07) is 7.76. The second kappa shape index (κ2) is 5.01. The minimum Gasteiger partial charge on any atom is -0.508 e. The average Bonchev–Trinajstić information content (AvgIpc) is 2.75. The third-order valence-electron chi connectivity index (χ3n) is 4.64. The first-order chi connectivity index (χ1) is 9.13. The van der Waals surface area contributed by atoms with Crippen LogP contribution in [0.1, 0.15) is 24.8 Å². The smallest absolute Gasteiger partial charge is 0.116 e. The number of rotatable bonds is 3. The van der Waals surface area contributed by atoms with Crippen molar-refractivity contribution in [2.24, 2.45) is 17.8 Å². The summed E-state index contributed by atoms with van der Waals surface area (Å²) in [4.78, 5) is 2.29. The molecule has 0 amide bonds. The Balaban J connectivity index is 1.96. The van der Waals surface area contributed by atoms with Gasteiger partial charge in [0.25, 0.3) is 0 Å². The molecule has 1 aromatic carbocycles. The van der Waals surface area contributed by atoms with Gasteiger partial charge in [0.05, 0.1) is 0 Å². The van der Waals surface area contributed by atoms with Crippen molar-refractivity contribution in [2.45, 2.75) is 19.3 Å². The highest BCUT2D eigenvalue weighted by Gasteiger charge is 2.37. The monoisotopic (exact) mass is 257 g/mol. The standard InChI is InChI=1S/C17H23NO/c1-18(2)11-17-14-7-6-12(8-14)9-16(17)13-4-3-5-15(19)10-13/h3-5,9-10,12,14,17,19H,6-8,11H2,1-2H3. The molecule has 1 aromatic rings. The number of phenols is 1. The largest absolute Gasteiger partial charge is 0.508 e. The van der Waals surface area contributed by atoms with Gasteiger partial charge in [-0.3, -0.25) is 0 Å². The van der Waals surface area contributed by atoms with Crippen LogP contribution in [0.15, 0.2) is 30.3 Å².